The molecule has 0 aromatic heterocycles. The minimum atomic E-state index is -0.501. The van der Waals surface area contributed by atoms with Crippen LogP contribution in [-0.2, 0) is 9.53 Å². The molecular formula is C18H14BrNO4. The largest absolute Gasteiger partial charge is 0.497 e. The smallest absolute Gasteiger partial charge is 0.363 e. The molecule has 0 N–H and O–H groups in total. The van der Waals surface area contributed by atoms with Gasteiger partial charge in [0.15, 0.2) is 5.70 Å². The second-order valence-corrected chi connectivity index (χ2v) is 5.78. The van der Waals surface area contributed by atoms with Crippen molar-refractivity contribution in [3.63, 3.8) is 0 Å². The van der Waals surface area contributed by atoms with Gasteiger partial charge in [-0.15, -0.1) is 0 Å². The molecule has 0 saturated carbocycles. The number of aliphatic imine (C=N–C) groups is 1. The van der Waals surface area contributed by atoms with E-state index in [4.69, 9.17) is 14.2 Å². The van der Waals surface area contributed by atoms with E-state index in [2.05, 4.69) is 20.9 Å². The lowest BCUT2D eigenvalue weighted by Crippen LogP contribution is -2.05. The van der Waals surface area contributed by atoms with Gasteiger partial charge in [-0.2, -0.15) is 0 Å². The SMILES string of the molecule is COc1ccc(/C=C2/N=C(c3ccccc3Br)OC2=O)c(OC)c1. The first-order valence-electron chi connectivity index (χ1n) is 7.12. The van der Waals surface area contributed by atoms with Crippen molar-refractivity contribution < 1.29 is 19.0 Å². The molecule has 3 rings (SSSR count). The van der Waals surface area contributed by atoms with Gasteiger partial charge >= 0.3 is 5.97 Å². The van der Waals surface area contributed by atoms with E-state index in [1.807, 2.05) is 24.3 Å². The summed E-state index contributed by atoms with van der Waals surface area (Å²) in [7, 11) is 3.13. The molecule has 6 heteroatoms. The van der Waals surface area contributed by atoms with Crippen LogP contribution in [0.4, 0.5) is 0 Å². The molecule has 122 valence electrons. The van der Waals surface area contributed by atoms with Crippen molar-refractivity contribution in [3.8, 4) is 11.5 Å². The molecule has 1 aliphatic heterocycles. The van der Waals surface area contributed by atoms with Gasteiger partial charge in [-0.3, -0.25) is 0 Å². The molecule has 0 unspecified atom stereocenters. The standard InChI is InChI=1S/C18H14BrNO4/c1-22-12-8-7-11(16(10-12)23-2)9-15-18(21)24-17(20-15)13-5-3-4-6-14(13)19/h3-10H,1-2H3/b15-9+. The predicted octanol–water partition coefficient (Wildman–Crippen LogP) is 3.81. The fraction of sp³-hybridized carbons (Fsp3) is 0.111. The lowest BCUT2D eigenvalue weighted by atomic mass is 10.1. The highest BCUT2D eigenvalue weighted by Crippen LogP contribution is 2.29. The Morgan fingerprint density at radius 3 is 2.62 bits per heavy atom. The normalized spacial score (nSPS) is 15.2. The van der Waals surface area contributed by atoms with E-state index in [0.29, 0.717) is 17.1 Å². The van der Waals surface area contributed by atoms with E-state index in [0.717, 1.165) is 10.0 Å². The fourth-order valence-corrected chi connectivity index (χ4v) is 2.70. The molecule has 1 aliphatic rings. The Labute approximate surface area is 147 Å². The van der Waals surface area contributed by atoms with E-state index in [9.17, 15) is 4.79 Å². The highest BCUT2D eigenvalue weighted by Gasteiger charge is 2.25. The summed E-state index contributed by atoms with van der Waals surface area (Å²) in [5.74, 6) is 1.02. The van der Waals surface area contributed by atoms with E-state index in [1.165, 1.54) is 0 Å². The quantitative estimate of drug-likeness (QED) is 0.591. The van der Waals surface area contributed by atoms with Gasteiger partial charge in [0.1, 0.15) is 11.5 Å². The number of nitrogens with zero attached hydrogens (tertiary/aromatic N) is 1. The average Bonchev–Trinajstić information content (AvgIpc) is 2.96. The van der Waals surface area contributed by atoms with Crippen molar-refractivity contribution in [3.05, 3.63) is 63.8 Å². The van der Waals surface area contributed by atoms with Gasteiger partial charge in [0.2, 0.25) is 5.90 Å². The second-order valence-electron chi connectivity index (χ2n) is 4.92. The van der Waals surface area contributed by atoms with Gasteiger partial charge in [-0.25, -0.2) is 9.79 Å². The van der Waals surface area contributed by atoms with Crippen LogP contribution < -0.4 is 9.47 Å². The third-order valence-electron chi connectivity index (χ3n) is 3.46. The molecule has 2 aromatic rings. The summed E-state index contributed by atoms with van der Waals surface area (Å²) in [5, 5.41) is 0. The number of rotatable bonds is 4. The Bertz CT molecular complexity index is 858. The van der Waals surface area contributed by atoms with Crippen LogP contribution >= 0.6 is 15.9 Å². The Morgan fingerprint density at radius 1 is 1.12 bits per heavy atom. The van der Waals surface area contributed by atoms with E-state index in [1.54, 1.807) is 38.5 Å². The van der Waals surface area contributed by atoms with Crippen LogP contribution in [0, 0.1) is 0 Å². The number of methoxy groups -OCH3 is 2. The van der Waals surface area contributed by atoms with Gasteiger partial charge in [0.25, 0.3) is 0 Å². The molecule has 0 radical (unpaired) electrons. The third kappa shape index (κ3) is 3.19. The topological polar surface area (TPSA) is 57.1 Å². The van der Waals surface area contributed by atoms with Gasteiger partial charge in [0.05, 0.1) is 19.8 Å². The zero-order valence-electron chi connectivity index (χ0n) is 13.1. The van der Waals surface area contributed by atoms with Crippen molar-refractivity contribution in [2.24, 2.45) is 4.99 Å². The van der Waals surface area contributed by atoms with E-state index < -0.39 is 5.97 Å². The van der Waals surface area contributed by atoms with Crippen LogP contribution in [0.1, 0.15) is 11.1 Å². The lowest BCUT2D eigenvalue weighted by molar-refractivity contribution is -0.129. The molecule has 24 heavy (non-hydrogen) atoms. The Kier molecular flexibility index (Phi) is 4.66. The number of carbonyl (C=O) groups is 1. The molecule has 0 saturated heterocycles. The van der Waals surface area contributed by atoms with Crippen LogP contribution in [0.15, 0.2) is 57.6 Å². The van der Waals surface area contributed by atoms with Crippen molar-refractivity contribution in [2.75, 3.05) is 14.2 Å². The first-order chi connectivity index (χ1) is 11.6. The number of esters is 1. The average molecular weight is 388 g/mol. The molecule has 0 aliphatic carbocycles. The maximum atomic E-state index is 12.1. The van der Waals surface area contributed by atoms with Crippen LogP contribution in [0.2, 0.25) is 0 Å². The minimum absolute atomic E-state index is 0.212. The first-order valence-corrected chi connectivity index (χ1v) is 7.91. The summed E-state index contributed by atoms with van der Waals surface area (Å²) in [6.07, 6.45) is 1.63. The predicted molar refractivity (Wildman–Crippen MR) is 94.3 cm³/mol. The summed E-state index contributed by atoms with van der Waals surface area (Å²) in [6, 6.07) is 12.7. The highest BCUT2D eigenvalue weighted by atomic mass is 79.9. The van der Waals surface area contributed by atoms with Crippen LogP contribution in [0.25, 0.3) is 6.08 Å². The Morgan fingerprint density at radius 2 is 1.92 bits per heavy atom. The van der Waals surface area contributed by atoms with E-state index >= 15 is 0 Å². The van der Waals surface area contributed by atoms with Crippen molar-refractivity contribution in [1.82, 2.24) is 0 Å². The molecule has 1 heterocycles. The maximum Gasteiger partial charge on any atom is 0.363 e. The van der Waals surface area contributed by atoms with Gasteiger partial charge in [-0.1, -0.05) is 12.1 Å². The molecule has 0 fully saturated rings. The first kappa shape index (κ1) is 16.3. The zero-order chi connectivity index (χ0) is 17.1. The fourth-order valence-electron chi connectivity index (χ4n) is 2.24. The summed E-state index contributed by atoms with van der Waals surface area (Å²) >= 11 is 3.43. The number of ether oxygens (including phenoxy) is 3. The van der Waals surface area contributed by atoms with Crippen LogP contribution in [0.5, 0.6) is 11.5 Å². The number of carbonyl (C=O) groups excluding carboxylic acids is 1. The second kappa shape index (κ2) is 6.88. The van der Waals surface area contributed by atoms with Gasteiger partial charge < -0.3 is 14.2 Å². The molecule has 2 aromatic carbocycles. The Hall–Kier alpha value is -2.60. The van der Waals surface area contributed by atoms with Crippen molar-refractivity contribution >= 4 is 33.9 Å². The van der Waals surface area contributed by atoms with Crippen molar-refractivity contribution in [2.45, 2.75) is 0 Å². The summed E-state index contributed by atoms with van der Waals surface area (Å²) in [4.78, 5) is 16.4. The number of hydrogen-bond acceptors (Lipinski definition) is 5. The highest BCUT2D eigenvalue weighted by molar-refractivity contribution is 9.10. The number of halogens is 1. The summed E-state index contributed by atoms with van der Waals surface area (Å²) in [5.41, 5.74) is 1.64. The van der Waals surface area contributed by atoms with E-state index in [-0.39, 0.29) is 11.6 Å². The van der Waals surface area contributed by atoms with Gasteiger partial charge in [0, 0.05) is 16.1 Å². The van der Waals surface area contributed by atoms with Gasteiger partial charge in [-0.05, 0) is 46.3 Å². The zero-order valence-corrected chi connectivity index (χ0v) is 14.7. The van der Waals surface area contributed by atoms with Crippen LogP contribution in [-0.4, -0.2) is 26.1 Å². The molecule has 0 amide bonds. The number of cyclic esters (lactones) is 1. The summed E-state index contributed by atoms with van der Waals surface area (Å²) < 4.78 is 16.6. The number of benzene rings is 2. The number of hydrogen-bond donors (Lipinski definition) is 0. The molecule has 5 nitrogen and oxygen atoms in total. The molecule has 0 spiro atoms. The third-order valence-corrected chi connectivity index (χ3v) is 4.15. The Balaban J connectivity index is 1.99. The molecule has 0 bridgehead atoms. The minimum Gasteiger partial charge on any atom is -0.497 e. The van der Waals surface area contributed by atoms with Crippen LogP contribution in [0.3, 0.4) is 0 Å². The lowest BCUT2D eigenvalue weighted by Gasteiger charge is -2.07. The molecule has 0 atom stereocenters. The van der Waals surface area contributed by atoms with Crippen molar-refractivity contribution in [1.29, 1.82) is 0 Å². The monoisotopic (exact) mass is 387 g/mol. The summed E-state index contributed by atoms with van der Waals surface area (Å²) in [6.45, 7) is 0. The maximum absolute atomic E-state index is 12.1. The molecular weight excluding hydrogens is 374 g/mol.